The van der Waals surface area contributed by atoms with Gasteiger partial charge in [-0.3, -0.25) is 10.1 Å². The van der Waals surface area contributed by atoms with Gasteiger partial charge < -0.3 is 23.8 Å². The summed E-state index contributed by atoms with van der Waals surface area (Å²) in [6.07, 6.45) is 0. The number of hydrogen-bond acceptors (Lipinski definition) is 10. The Morgan fingerprint density at radius 2 is 1.66 bits per heavy atom. The Labute approximate surface area is 231 Å². The Kier molecular flexibility index (Phi) is 9.32. The summed E-state index contributed by atoms with van der Waals surface area (Å²) < 4.78 is 22.6. The molecule has 200 valence electrons. The third-order valence-electron chi connectivity index (χ3n) is 5.80. The van der Waals surface area contributed by atoms with Crippen molar-refractivity contribution in [3.63, 3.8) is 0 Å². The van der Waals surface area contributed by atoms with Crippen molar-refractivity contribution in [1.29, 1.82) is 0 Å². The molecule has 1 amide bonds. The van der Waals surface area contributed by atoms with E-state index < -0.39 is 0 Å². The second-order valence-electron chi connectivity index (χ2n) is 8.31. The van der Waals surface area contributed by atoms with E-state index in [-0.39, 0.29) is 17.6 Å². The number of amides is 1. The Morgan fingerprint density at radius 3 is 2.26 bits per heavy atom. The maximum atomic E-state index is 12.7. The highest BCUT2D eigenvalue weighted by Gasteiger charge is 2.21. The standard InChI is InChI=1S/C26H29N5O5S2/c1-16-5-7-17(8-6-16)23-22(18-13-19(33-2)24(35-4)20(14-18)34-3)28-25(30-29-23)27-21(32)15-38-26(37)31-9-11-36-12-10-31/h5-8,13-14H,9-12,15H2,1-4H3,(H,27,28,30,32). The molecule has 0 radical (unpaired) electrons. The van der Waals surface area contributed by atoms with Crippen LogP contribution in [0, 0.1) is 6.92 Å². The molecule has 0 saturated carbocycles. The van der Waals surface area contributed by atoms with Crippen LogP contribution < -0.4 is 19.5 Å². The monoisotopic (exact) mass is 555 g/mol. The summed E-state index contributed by atoms with van der Waals surface area (Å²) in [7, 11) is 4.64. The second kappa shape index (κ2) is 12.9. The molecule has 0 unspecified atom stereocenters. The van der Waals surface area contributed by atoms with Crippen LogP contribution in [0.1, 0.15) is 5.56 Å². The first-order valence-corrected chi connectivity index (χ1v) is 13.2. The molecule has 1 N–H and O–H groups in total. The maximum absolute atomic E-state index is 12.7. The molecule has 1 fully saturated rings. The Morgan fingerprint density at radius 1 is 1.00 bits per heavy atom. The number of carbonyl (C=O) groups excluding carboxylic acids is 1. The van der Waals surface area contributed by atoms with Crippen LogP contribution >= 0.6 is 24.0 Å². The zero-order valence-corrected chi connectivity index (χ0v) is 23.3. The van der Waals surface area contributed by atoms with E-state index in [1.165, 1.54) is 11.8 Å². The maximum Gasteiger partial charge on any atom is 0.250 e. The Bertz CT molecular complexity index is 1270. The van der Waals surface area contributed by atoms with Crippen LogP contribution in [-0.2, 0) is 9.53 Å². The van der Waals surface area contributed by atoms with Gasteiger partial charge in [0.25, 0.3) is 0 Å². The van der Waals surface area contributed by atoms with Crippen molar-refractivity contribution in [2.24, 2.45) is 0 Å². The highest BCUT2D eigenvalue weighted by Crippen LogP contribution is 2.42. The number of aryl methyl sites for hydroxylation is 1. The first kappa shape index (κ1) is 27.6. The lowest BCUT2D eigenvalue weighted by Gasteiger charge is -2.28. The van der Waals surface area contributed by atoms with Crippen molar-refractivity contribution in [3.8, 4) is 39.8 Å². The summed E-state index contributed by atoms with van der Waals surface area (Å²) in [5.41, 5.74) is 3.63. The fourth-order valence-electron chi connectivity index (χ4n) is 3.83. The number of benzene rings is 2. The van der Waals surface area contributed by atoms with Crippen molar-refractivity contribution in [3.05, 3.63) is 42.0 Å². The number of methoxy groups -OCH3 is 3. The molecule has 0 bridgehead atoms. The molecule has 3 aromatic rings. The molecule has 2 heterocycles. The Hall–Kier alpha value is -3.48. The van der Waals surface area contributed by atoms with Crippen LogP contribution in [0.5, 0.6) is 17.2 Å². The number of thioether (sulfide) groups is 1. The lowest BCUT2D eigenvalue weighted by Crippen LogP contribution is -2.39. The molecule has 12 heteroatoms. The number of morpholine rings is 1. The van der Waals surface area contributed by atoms with E-state index in [0.717, 1.165) is 24.2 Å². The van der Waals surface area contributed by atoms with Crippen LogP contribution in [0.25, 0.3) is 22.5 Å². The van der Waals surface area contributed by atoms with Gasteiger partial charge in [-0.1, -0.05) is 53.8 Å². The highest BCUT2D eigenvalue weighted by molar-refractivity contribution is 8.23. The molecule has 2 aromatic carbocycles. The largest absolute Gasteiger partial charge is 0.493 e. The van der Waals surface area contributed by atoms with E-state index in [0.29, 0.717) is 51.7 Å². The van der Waals surface area contributed by atoms with Gasteiger partial charge in [-0.25, -0.2) is 4.98 Å². The molecule has 1 aliphatic rings. The summed E-state index contributed by atoms with van der Waals surface area (Å²) >= 11 is 6.76. The van der Waals surface area contributed by atoms with Gasteiger partial charge in [-0.2, -0.15) is 0 Å². The SMILES string of the molecule is COc1cc(-c2nc(NC(=O)CSC(=S)N3CCOCC3)nnc2-c2ccc(C)cc2)cc(OC)c1OC. The van der Waals surface area contributed by atoms with Crippen LogP contribution in [0.15, 0.2) is 36.4 Å². The van der Waals surface area contributed by atoms with Crippen LogP contribution in [-0.4, -0.2) is 83.7 Å². The zero-order chi connectivity index (χ0) is 27.1. The summed E-state index contributed by atoms with van der Waals surface area (Å²) in [5.74, 6) is 1.31. The summed E-state index contributed by atoms with van der Waals surface area (Å²) in [6.45, 7) is 4.71. The average Bonchev–Trinajstić information content (AvgIpc) is 2.96. The number of rotatable bonds is 8. The van der Waals surface area contributed by atoms with Gasteiger partial charge in [-0.15, -0.1) is 10.2 Å². The molecule has 1 aromatic heterocycles. The fourth-order valence-corrected chi connectivity index (χ4v) is 4.88. The number of ether oxygens (including phenoxy) is 4. The topological polar surface area (TPSA) is 108 Å². The minimum atomic E-state index is -0.286. The summed E-state index contributed by atoms with van der Waals surface area (Å²) in [4.78, 5) is 19.4. The van der Waals surface area contributed by atoms with Crippen LogP contribution in [0.2, 0.25) is 0 Å². The predicted molar refractivity (Wildman–Crippen MR) is 151 cm³/mol. The first-order chi connectivity index (χ1) is 18.4. The Balaban J connectivity index is 1.64. The van der Waals surface area contributed by atoms with Gasteiger partial charge in [0.05, 0.1) is 40.3 Å². The van der Waals surface area contributed by atoms with Crippen molar-refractivity contribution < 1.29 is 23.7 Å². The predicted octanol–water partition coefficient (Wildman–Crippen LogP) is 3.83. The minimum Gasteiger partial charge on any atom is -0.493 e. The normalized spacial score (nSPS) is 13.1. The van der Waals surface area contributed by atoms with Crippen molar-refractivity contribution in [2.45, 2.75) is 6.92 Å². The average molecular weight is 556 g/mol. The van der Waals surface area contributed by atoms with Crippen molar-refractivity contribution in [2.75, 3.05) is 58.7 Å². The fraction of sp³-hybridized carbons (Fsp3) is 0.346. The van der Waals surface area contributed by atoms with E-state index in [4.69, 9.17) is 31.2 Å². The number of nitrogens with one attached hydrogen (secondary N) is 1. The molecule has 4 rings (SSSR count). The molecule has 1 saturated heterocycles. The van der Waals surface area contributed by atoms with E-state index in [1.807, 2.05) is 36.1 Å². The number of hydrogen-bond donors (Lipinski definition) is 1. The van der Waals surface area contributed by atoms with Gasteiger partial charge in [0.2, 0.25) is 17.6 Å². The van der Waals surface area contributed by atoms with Gasteiger partial charge in [-0.05, 0) is 19.1 Å². The van der Waals surface area contributed by atoms with Gasteiger partial charge >= 0.3 is 0 Å². The van der Waals surface area contributed by atoms with E-state index in [9.17, 15) is 4.79 Å². The minimum absolute atomic E-state index is 0.0764. The number of thiocarbonyl (C=S) groups is 1. The molecular formula is C26H29N5O5S2. The molecule has 1 aliphatic heterocycles. The van der Waals surface area contributed by atoms with Gasteiger partial charge in [0.1, 0.15) is 15.7 Å². The second-order valence-corrected chi connectivity index (χ2v) is 9.92. The molecule has 0 spiro atoms. The lowest BCUT2D eigenvalue weighted by molar-refractivity contribution is -0.113. The molecule has 0 atom stereocenters. The number of aromatic nitrogens is 3. The van der Waals surface area contributed by atoms with Gasteiger partial charge in [0.15, 0.2) is 11.5 Å². The molecule has 0 aliphatic carbocycles. The number of anilines is 1. The third kappa shape index (κ3) is 6.50. The smallest absolute Gasteiger partial charge is 0.250 e. The van der Waals surface area contributed by atoms with E-state index >= 15 is 0 Å². The highest BCUT2D eigenvalue weighted by atomic mass is 32.2. The van der Waals surface area contributed by atoms with Crippen molar-refractivity contribution >= 4 is 40.2 Å². The third-order valence-corrected chi connectivity index (χ3v) is 7.32. The summed E-state index contributed by atoms with van der Waals surface area (Å²) in [6, 6.07) is 11.4. The van der Waals surface area contributed by atoms with Crippen molar-refractivity contribution in [1.82, 2.24) is 20.1 Å². The molecule has 10 nitrogen and oxygen atoms in total. The number of carbonyl (C=O) groups is 1. The van der Waals surface area contributed by atoms with E-state index in [1.54, 1.807) is 33.5 Å². The van der Waals surface area contributed by atoms with E-state index in [2.05, 4.69) is 20.5 Å². The summed E-state index contributed by atoms with van der Waals surface area (Å²) in [5, 5.41) is 11.4. The van der Waals surface area contributed by atoms with Gasteiger partial charge in [0, 0.05) is 24.2 Å². The zero-order valence-electron chi connectivity index (χ0n) is 21.6. The van der Waals surface area contributed by atoms with Crippen LogP contribution in [0.3, 0.4) is 0 Å². The molecular weight excluding hydrogens is 526 g/mol. The molecule has 38 heavy (non-hydrogen) atoms. The quantitative estimate of drug-likeness (QED) is 0.410. The lowest BCUT2D eigenvalue weighted by atomic mass is 10.0. The first-order valence-electron chi connectivity index (χ1n) is 11.8. The van der Waals surface area contributed by atoms with Crippen LogP contribution in [0.4, 0.5) is 5.95 Å². The number of nitrogens with zero attached hydrogens (tertiary/aromatic N) is 4.